The van der Waals surface area contributed by atoms with Crippen LogP contribution in [0.3, 0.4) is 0 Å². The minimum absolute atomic E-state index is 0.490. The molecule has 0 amide bonds. The van der Waals surface area contributed by atoms with Crippen LogP contribution in [0.2, 0.25) is 10.0 Å². The Morgan fingerprint density at radius 2 is 1.95 bits per heavy atom. The number of rotatable bonds is 3. The lowest BCUT2D eigenvalue weighted by molar-refractivity contribution is 0.733. The topological polar surface area (TPSA) is 56.7 Å². The summed E-state index contributed by atoms with van der Waals surface area (Å²) in [6, 6.07) is 9.28. The van der Waals surface area contributed by atoms with Crippen molar-refractivity contribution in [1.82, 2.24) is 14.5 Å². The van der Waals surface area contributed by atoms with Crippen molar-refractivity contribution in [2.45, 2.75) is 6.54 Å². The van der Waals surface area contributed by atoms with E-state index in [0.29, 0.717) is 23.1 Å². The number of halogens is 2. The highest BCUT2D eigenvalue weighted by molar-refractivity contribution is 6.42. The summed E-state index contributed by atoms with van der Waals surface area (Å²) in [5.74, 6) is 0.768. The molecule has 6 heteroatoms. The third-order valence-corrected chi connectivity index (χ3v) is 3.76. The zero-order valence-corrected chi connectivity index (χ0v) is 12.1. The first kappa shape index (κ1) is 13.4. The second kappa shape index (κ2) is 5.40. The number of aromatic nitrogens is 3. The predicted octanol–water partition coefficient (Wildman–Crippen LogP) is 3.36. The minimum atomic E-state index is 0.490. The number of fused-ring (bicyclic) bond motifs is 1. The van der Waals surface area contributed by atoms with Crippen molar-refractivity contribution in [1.29, 1.82) is 0 Å². The van der Waals surface area contributed by atoms with Gasteiger partial charge >= 0.3 is 0 Å². The van der Waals surface area contributed by atoms with Gasteiger partial charge in [-0.3, -0.25) is 4.98 Å². The normalized spacial score (nSPS) is 11.2. The first-order chi connectivity index (χ1) is 9.70. The summed E-state index contributed by atoms with van der Waals surface area (Å²) in [6.45, 7) is 1.14. The highest BCUT2D eigenvalue weighted by Crippen LogP contribution is 2.30. The van der Waals surface area contributed by atoms with Gasteiger partial charge in [-0.15, -0.1) is 0 Å². The Kier molecular flexibility index (Phi) is 3.61. The van der Waals surface area contributed by atoms with Crippen molar-refractivity contribution in [3.05, 3.63) is 46.6 Å². The molecule has 2 heterocycles. The fraction of sp³-hybridized carbons (Fsp3) is 0.143. The molecular formula is C14H12Cl2N4. The Morgan fingerprint density at radius 3 is 2.65 bits per heavy atom. The summed E-state index contributed by atoms with van der Waals surface area (Å²) in [6.07, 6.45) is 1.74. The van der Waals surface area contributed by atoms with Gasteiger partial charge < -0.3 is 10.3 Å². The molecule has 0 unspecified atom stereocenters. The molecule has 0 aliphatic rings. The average Bonchev–Trinajstić information content (AvgIpc) is 2.79. The molecule has 20 heavy (non-hydrogen) atoms. The van der Waals surface area contributed by atoms with Gasteiger partial charge in [0.25, 0.3) is 0 Å². The van der Waals surface area contributed by atoms with Crippen LogP contribution >= 0.6 is 23.2 Å². The molecule has 0 fully saturated rings. The van der Waals surface area contributed by atoms with E-state index in [4.69, 9.17) is 28.9 Å². The van der Waals surface area contributed by atoms with Crippen LogP contribution in [-0.4, -0.2) is 21.1 Å². The molecule has 0 saturated carbocycles. The summed E-state index contributed by atoms with van der Waals surface area (Å²) in [5, 5.41) is 0.994. The third-order valence-electron chi connectivity index (χ3n) is 3.04. The molecule has 0 spiro atoms. The van der Waals surface area contributed by atoms with Crippen molar-refractivity contribution in [3.8, 4) is 11.5 Å². The van der Waals surface area contributed by atoms with Crippen molar-refractivity contribution >= 4 is 34.2 Å². The van der Waals surface area contributed by atoms with E-state index < -0.39 is 0 Å². The van der Waals surface area contributed by atoms with Crippen LogP contribution in [0.25, 0.3) is 22.6 Å². The molecule has 102 valence electrons. The third kappa shape index (κ3) is 2.26. The Bertz CT molecular complexity index is 753. The summed E-state index contributed by atoms with van der Waals surface area (Å²) in [5.41, 5.74) is 8.19. The number of imidazole rings is 1. The van der Waals surface area contributed by atoms with E-state index in [9.17, 15) is 0 Å². The highest BCUT2D eigenvalue weighted by Gasteiger charge is 2.14. The highest BCUT2D eigenvalue weighted by atomic mass is 35.5. The number of benzene rings is 1. The molecule has 1 aromatic carbocycles. The zero-order chi connectivity index (χ0) is 14.1. The van der Waals surface area contributed by atoms with Crippen LogP contribution in [0, 0.1) is 0 Å². The lowest BCUT2D eigenvalue weighted by Gasteiger charge is -2.07. The van der Waals surface area contributed by atoms with Crippen LogP contribution in [0.5, 0.6) is 0 Å². The van der Waals surface area contributed by atoms with E-state index >= 15 is 0 Å². The Balaban J connectivity index is 2.28. The smallest absolute Gasteiger partial charge is 0.159 e. The van der Waals surface area contributed by atoms with Crippen molar-refractivity contribution in [2.24, 2.45) is 5.73 Å². The van der Waals surface area contributed by atoms with Gasteiger partial charge in [0.05, 0.1) is 21.1 Å². The molecule has 0 aliphatic heterocycles. The Hall–Kier alpha value is -1.62. The van der Waals surface area contributed by atoms with Crippen LogP contribution in [0.1, 0.15) is 0 Å². The quantitative estimate of drug-likeness (QED) is 0.807. The number of hydrogen-bond donors (Lipinski definition) is 1. The molecule has 4 nitrogen and oxygen atoms in total. The molecule has 0 saturated heterocycles. The van der Waals surface area contributed by atoms with E-state index in [0.717, 1.165) is 22.6 Å². The van der Waals surface area contributed by atoms with Crippen LogP contribution in [-0.2, 0) is 6.54 Å². The van der Waals surface area contributed by atoms with E-state index in [2.05, 4.69) is 9.97 Å². The van der Waals surface area contributed by atoms with Crippen LogP contribution in [0.4, 0.5) is 0 Å². The maximum Gasteiger partial charge on any atom is 0.159 e. The minimum Gasteiger partial charge on any atom is -0.329 e. The lowest BCUT2D eigenvalue weighted by Crippen LogP contribution is -2.11. The fourth-order valence-corrected chi connectivity index (χ4v) is 2.48. The molecule has 0 atom stereocenters. The van der Waals surface area contributed by atoms with E-state index in [-0.39, 0.29) is 0 Å². The van der Waals surface area contributed by atoms with E-state index in [1.54, 1.807) is 12.3 Å². The number of pyridine rings is 1. The summed E-state index contributed by atoms with van der Waals surface area (Å²) in [7, 11) is 0. The first-order valence-corrected chi connectivity index (χ1v) is 6.93. The molecule has 3 aromatic rings. The SMILES string of the molecule is NCCn1c(-c2ccccn2)nc2cc(Cl)c(Cl)cc21. The standard InChI is InChI=1S/C14H12Cl2N4/c15-9-7-12-13(8-10(9)16)20(6-4-17)14(19-12)11-3-1-2-5-18-11/h1-3,5,7-8H,4,6,17H2. The maximum absolute atomic E-state index is 6.10. The summed E-state index contributed by atoms with van der Waals surface area (Å²) in [4.78, 5) is 8.95. The van der Waals surface area contributed by atoms with Crippen LogP contribution in [0.15, 0.2) is 36.5 Å². The van der Waals surface area contributed by atoms with Gasteiger partial charge in [-0.05, 0) is 24.3 Å². The van der Waals surface area contributed by atoms with Gasteiger partial charge in [-0.2, -0.15) is 0 Å². The molecule has 3 rings (SSSR count). The van der Waals surface area contributed by atoms with Gasteiger partial charge in [0.1, 0.15) is 5.69 Å². The van der Waals surface area contributed by atoms with Gasteiger partial charge in [-0.1, -0.05) is 29.3 Å². The van der Waals surface area contributed by atoms with Gasteiger partial charge in [-0.25, -0.2) is 4.98 Å². The van der Waals surface area contributed by atoms with Gasteiger partial charge in [0.15, 0.2) is 5.82 Å². The number of nitrogens with zero attached hydrogens (tertiary/aromatic N) is 3. The van der Waals surface area contributed by atoms with Crippen molar-refractivity contribution in [2.75, 3.05) is 6.54 Å². The van der Waals surface area contributed by atoms with Crippen molar-refractivity contribution in [3.63, 3.8) is 0 Å². The Labute approximate surface area is 126 Å². The van der Waals surface area contributed by atoms with Gasteiger partial charge in [0, 0.05) is 19.3 Å². The molecule has 0 aliphatic carbocycles. The largest absolute Gasteiger partial charge is 0.329 e. The molecule has 0 bridgehead atoms. The molecule has 2 N–H and O–H groups in total. The second-order valence-corrected chi connectivity index (χ2v) is 5.16. The monoisotopic (exact) mass is 306 g/mol. The fourth-order valence-electron chi connectivity index (χ4n) is 2.17. The van der Waals surface area contributed by atoms with E-state index in [1.807, 2.05) is 28.8 Å². The van der Waals surface area contributed by atoms with Crippen LogP contribution < -0.4 is 5.73 Å². The lowest BCUT2D eigenvalue weighted by atomic mass is 10.3. The molecule has 0 radical (unpaired) electrons. The summed E-state index contributed by atoms with van der Waals surface area (Å²) < 4.78 is 2.01. The molecular weight excluding hydrogens is 295 g/mol. The van der Waals surface area contributed by atoms with Gasteiger partial charge in [0.2, 0.25) is 0 Å². The van der Waals surface area contributed by atoms with Crippen molar-refractivity contribution < 1.29 is 0 Å². The first-order valence-electron chi connectivity index (χ1n) is 6.17. The second-order valence-electron chi connectivity index (χ2n) is 4.35. The zero-order valence-electron chi connectivity index (χ0n) is 10.6. The number of hydrogen-bond acceptors (Lipinski definition) is 3. The summed E-state index contributed by atoms with van der Waals surface area (Å²) >= 11 is 12.1. The van der Waals surface area contributed by atoms with E-state index in [1.165, 1.54) is 0 Å². The number of nitrogens with two attached hydrogens (primary N) is 1. The average molecular weight is 307 g/mol. The maximum atomic E-state index is 6.10. The molecule has 2 aromatic heterocycles. The Morgan fingerprint density at radius 1 is 1.15 bits per heavy atom. The predicted molar refractivity (Wildman–Crippen MR) is 82.0 cm³/mol.